The molecule has 3 rings (SSSR count). The van der Waals surface area contributed by atoms with Crippen molar-refractivity contribution in [1.82, 2.24) is 20.4 Å². The Balaban J connectivity index is 1.86. The molecule has 2 N–H and O–H groups in total. The summed E-state index contributed by atoms with van der Waals surface area (Å²) in [5.74, 6) is 0.883. The topological polar surface area (TPSA) is 93.0 Å². The molecule has 3 heterocycles. The number of ether oxygens (including phenoxy) is 1. The average Bonchev–Trinajstić information content (AvgIpc) is 2.89. The molecule has 2 aromatic heterocycles. The highest BCUT2D eigenvalue weighted by Gasteiger charge is 2.21. The summed E-state index contributed by atoms with van der Waals surface area (Å²) in [5.41, 5.74) is 0.403. The summed E-state index contributed by atoms with van der Waals surface area (Å²) in [4.78, 5) is 18.0. The highest BCUT2D eigenvalue weighted by atomic mass is 16.5. The predicted octanol–water partition coefficient (Wildman–Crippen LogP) is 0.0858. The van der Waals surface area contributed by atoms with E-state index in [-0.39, 0.29) is 11.6 Å². The highest BCUT2D eigenvalue weighted by Crippen LogP contribution is 2.18. The second kappa shape index (κ2) is 4.71. The van der Waals surface area contributed by atoms with Crippen molar-refractivity contribution in [2.75, 3.05) is 19.8 Å². The number of H-pyrrole nitrogens is 1. The number of hydrogen-bond acceptors (Lipinski definition) is 6. The number of rotatable bonds is 2. The molecule has 1 unspecified atom stereocenters. The second-order valence-corrected chi connectivity index (χ2v) is 3.98. The monoisotopic (exact) mass is 248 g/mol. The Kier molecular flexibility index (Phi) is 2.91. The van der Waals surface area contributed by atoms with Crippen LogP contribution in [0.15, 0.2) is 27.6 Å². The second-order valence-electron chi connectivity index (χ2n) is 3.98. The van der Waals surface area contributed by atoms with Crippen LogP contribution in [-0.2, 0) is 4.74 Å². The minimum absolute atomic E-state index is 0.0572. The standard InChI is InChI=1S/C11H12N4O3/c16-9-5-7(1-2-13-9)11-14-10(15-18-11)8-6-17-4-3-12-8/h1-2,5,8,12H,3-4,6H2,(H,13,16). The Morgan fingerprint density at radius 2 is 2.39 bits per heavy atom. The van der Waals surface area contributed by atoms with Crippen LogP contribution in [0.2, 0.25) is 0 Å². The third-order valence-electron chi connectivity index (χ3n) is 2.70. The quantitative estimate of drug-likeness (QED) is 0.782. The molecule has 94 valence electrons. The molecule has 18 heavy (non-hydrogen) atoms. The lowest BCUT2D eigenvalue weighted by molar-refractivity contribution is 0.0734. The maximum absolute atomic E-state index is 11.2. The zero-order chi connectivity index (χ0) is 12.4. The van der Waals surface area contributed by atoms with Crippen LogP contribution in [-0.4, -0.2) is 34.9 Å². The molecular weight excluding hydrogens is 236 g/mol. The summed E-state index contributed by atoms with van der Waals surface area (Å²) in [5, 5.41) is 7.14. The maximum atomic E-state index is 11.2. The first-order valence-electron chi connectivity index (χ1n) is 5.67. The Bertz CT molecular complexity index is 586. The van der Waals surface area contributed by atoms with E-state index in [0.29, 0.717) is 30.5 Å². The molecule has 0 bridgehead atoms. The van der Waals surface area contributed by atoms with Gasteiger partial charge in [0, 0.05) is 24.4 Å². The predicted molar refractivity (Wildman–Crippen MR) is 61.9 cm³/mol. The van der Waals surface area contributed by atoms with Gasteiger partial charge >= 0.3 is 0 Å². The van der Waals surface area contributed by atoms with Crippen molar-refractivity contribution in [3.63, 3.8) is 0 Å². The van der Waals surface area contributed by atoms with Gasteiger partial charge < -0.3 is 19.6 Å². The van der Waals surface area contributed by atoms with Crippen molar-refractivity contribution < 1.29 is 9.26 Å². The summed E-state index contributed by atoms with van der Waals surface area (Å²) in [6, 6.07) is 3.07. The fourth-order valence-electron chi connectivity index (χ4n) is 1.80. The first-order chi connectivity index (χ1) is 8.83. The molecule has 0 saturated carbocycles. The van der Waals surface area contributed by atoms with Gasteiger partial charge in [0.1, 0.15) is 0 Å². The van der Waals surface area contributed by atoms with E-state index in [0.717, 1.165) is 6.54 Å². The van der Waals surface area contributed by atoms with E-state index in [1.165, 1.54) is 6.07 Å². The van der Waals surface area contributed by atoms with Gasteiger partial charge in [0.15, 0.2) is 5.82 Å². The van der Waals surface area contributed by atoms with Crippen LogP contribution in [0.25, 0.3) is 11.5 Å². The van der Waals surface area contributed by atoms with Gasteiger partial charge in [0.2, 0.25) is 5.56 Å². The van der Waals surface area contributed by atoms with Crippen molar-refractivity contribution in [1.29, 1.82) is 0 Å². The smallest absolute Gasteiger partial charge is 0.258 e. The molecule has 2 aromatic rings. The molecule has 1 saturated heterocycles. The summed E-state index contributed by atoms with van der Waals surface area (Å²) < 4.78 is 10.5. The number of aromatic amines is 1. The minimum atomic E-state index is -0.202. The number of morpholine rings is 1. The normalized spacial score (nSPS) is 19.9. The molecule has 0 spiro atoms. The molecule has 1 fully saturated rings. The van der Waals surface area contributed by atoms with E-state index < -0.39 is 0 Å². The lowest BCUT2D eigenvalue weighted by atomic mass is 10.2. The van der Waals surface area contributed by atoms with Gasteiger partial charge in [-0.2, -0.15) is 4.98 Å². The molecule has 1 aliphatic heterocycles. The van der Waals surface area contributed by atoms with Crippen molar-refractivity contribution >= 4 is 0 Å². The van der Waals surface area contributed by atoms with E-state index in [2.05, 4.69) is 20.4 Å². The third-order valence-corrected chi connectivity index (χ3v) is 2.70. The van der Waals surface area contributed by atoms with E-state index >= 15 is 0 Å². The SMILES string of the molecule is O=c1cc(-c2nc(C3COCCN3)no2)cc[nH]1. The Morgan fingerprint density at radius 3 is 3.17 bits per heavy atom. The van der Waals surface area contributed by atoms with Crippen LogP contribution in [0.1, 0.15) is 11.9 Å². The lowest BCUT2D eigenvalue weighted by Crippen LogP contribution is -2.35. The van der Waals surface area contributed by atoms with Gasteiger partial charge in [-0.25, -0.2) is 0 Å². The maximum Gasteiger partial charge on any atom is 0.258 e. The number of nitrogens with one attached hydrogen (secondary N) is 2. The highest BCUT2D eigenvalue weighted by molar-refractivity contribution is 5.51. The third kappa shape index (κ3) is 2.18. The average molecular weight is 248 g/mol. The van der Waals surface area contributed by atoms with E-state index in [4.69, 9.17) is 9.26 Å². The van der Waals surface area contributed by atoms with Gasteiger partial charge in [-0.3, -0.25) is 4.79 Å². The van der Waals surface area contributed by atoms with Gasteiger partial charge in [-0.05, 0) is 6.07 Å². The molecular formula is C11H12N4O3. The van der Waals surface area contributed by atoms with Crippen LogP contribution in [0.5, 0.6) is 0 Å². The fraction of sp³-hybridized carbons (Fsp3) is 0.364. The van der Waals surface area contributed by atoms with Crippen molar-refractivity contribution in [2.45, 2.75) is 6.04 Å². The van der Waals surface area contributed by atoms with Crippen LogP contribution < -0.4 is 10.9 Å². The zero-order valence-electron chi connectivity index (χ0n) is 9.55. The van der Waals surface area contributed by atoms with Crippen molar-refractivity contribution in [3.8, 4) is 11.5 Å². The van der Waals surface area contributed by atoms with Crippen molar-refractivity contribution in [2.24, 2.45) is 0 Å². The molecule has 0 aliphatic carbocycles. The van der Waals surface area contributed by atoms with Crippen molar-refractivity contribution in [3.05, 3.63) is 34.5 Å². The molecule has 7 heteroatoms. The van der Waals surface area contributed by atoms with Gasteiger partial charge in [0.25, 0.3) is 5.89 Å². The van der Waals surface area contributed by atoms with Crippen LogP contribution in [0.4, 0.5) is 0 Å². The lowest BCUT2D eigenvalue weighted by Gasteiger charge is -2.20. The Hall–Kier alpha value is -1.99. The van der Waals surface area contributed by atoms with Crippen LogP contribution in [0.3, 0.4) is 0 Å². The Labute approximate surface area is 102 Å². The van der Waals surface area contributed by atoms with E-state index in [1.54, 1.807) is 12.3 Å². The molecule has 7 nitrogen and oxygen atoms in total. The minimum Gasteiger partial charge on any atom is -0.378 e. The largest absolute Gasteiger partial charge is 0.378 e. The number of hydrogen-bond donors (Lipinski definition) is 2. The van der Waals surface area contributed by atoms with Gasteiger partial charge in [-0.1, -0.05) is 5.16 Å². The summed E-state index contributed by atoms with van der Waals surface area (Å²) in [6.45, 7) is 1.98. The fourth-order valence-corrected chi connectivity index (χ4v) is 1.80. The summed E-state index contributed by atoms with van der Waals surface area (Å²) in [7, 11) is 0. The van der Waals surface area contributed by atoms with Gasteiger partial charge in [0.05, 0.1) is 19.3 Å². The molecule has 0 aromatic carbocycles. The number of aromatic nitrogens is 3. The summed E-state index contributed by atoms with van der Waals surface area (Å²) >= 11 is 0. The summed E-state index contributed by atoms with van der Waals surface area (Å²) in [6.07, 6.45) is 1.55. The number of nitrogens with zero attached hydrogens (tertiary/aromatic N) is 2. The van der Waals surface area contributed by atoms with Gasteiger partial charge in [-0.15, -0.1) is 0 Å². The van der Waals surface area contributed by atoms with Crippen LogP contribution >= 0.6 is 0 Å². The zero-order valence-corrected chi connectivity index (χ0v) is 9.55. The molecule has 0 amide bonds. The molecule has 1 aliphatic rings. The Morgan fingerprint density at radius 1 is 1.44 bits per heavy atom. The van der Waals surface area contributed by atoms with E-state index in [1.807, 2.05) is 0 Å². The first kappa shape index (κ1) is 11.1. The molecule has 1 atom stereocenters. The van der Waals surface area contributed by atoms with E-state index in [9.17, 15) is 4.79 Å². The van der Waals surface area contributed by atoms with Crippen LogP contribution in [0, 0.1) is 0 Å². The number of pyridine rings is 1. The first-order valence-corrected chi connectivity index (χ1v) is 5.67. The molecule has 0 radical (unpaired) electrons.